The molecule has 0 radical (unpaired) electrons. The van der Waals surface area contributed by atoms with Crippen LogP contribution in [0.5, 0.6) is 0 Å². The highest BCUT2D eigenvalue weighted by molar-refractivity contribution is 4.82. The molecule has 0 aliphatic heterocycles. The molecule has 44 valence electrons. The van der Waals surface area contributed by atoms with Crippen LogP contribution >= 0.6 is 0 Å². The third-order valence-electron chi connectivity index (χ3n) is 0.807. The van der Waals surface area contributed by atoms with Crippen LogP contribution in [0, 0.1) is 0 Å². The Balaban J connectivity index is 2.77. The highest BCUT2D eigenvalue weighted by atomic mass is 16.3. The summed E-state index contributed by atoms with van der Waals surface area (Å²) in [6.45, 7) is 1.61. The minimum atomic E-state index is -0.568. The normalized spacial score (nSPS) is 13.8. The van der Waals surface area contributed by atoms with Crippen LogP contribution in [-0.2, 0) is 0 Å². The Hall–Kier alpha value is -0.900. The predicted molar refractivity (Wildman–Crippen MR) is 27.0 cm³/mol. The van der Waals surface area contributed by atoms with E-state index in [1.807, 2.05) is 0 Å². The first-order valence-corrected chi connectivity index (χ1v) is 2.34. The van der Waals surface area contributed by atoms with Crippen molar-refractivity contribution >= 4 is 0 Å². The van der Waals surface area contributed by atoms with E-state index in [1.54, 1.807) is 6.92 Å². The molecule has 0 saturated heterocycles. The third kappa shape index (κ3) is 0.840. The third-order valence-corrected chi connectivity index (χ3v) is 0.807. The van der Waals surface area contributed by atoms with E-state index in [-0.39, 0.29) is 0 Å². The summed E-state index contributed by atoms with van der Waals surface area (Å²) in [6, 6.07) is 0. The standard InChI is InChI=1S/C4H7N3O/c1-3(8)4-5-2-6-7-4/h2-3,8H,1H3,(H,5,6,7). The van der Waals surface area contributed by atoms with Gasteiger partial charge in [0.15, 0.2) is 5.82 Å². The van der Waals surface area contributed by atoms with E-state index < -0.39 is 6.10 Å². The summed E-state index contributed by atoms with van der Waals surface area (Å²) in [5.74, 6) is 0.435. The maximum atomic E-state index is 8.77. The zero-order chi connectivity index (χ0) is 5.98. The summed E-state index contributed by atoms with van der Waals surface area (Å²) in [4.78, 5) is 3.70. The summed E-state index contributed by atoms with van der Waals surface area (Å²) in [7, 11) is 0. The van der Waals surface area contributed by atoms with Crippen molar-refractivity contribution in [1.29, 1.82) is 0 Å². The van der Waals surface area contributed by atoms with Crippen molar-refractivity contribution in [1.82, 2.24) is 15.2 Å². The number of aromatic amines is 1. The van der Waals surface area contributed by atoms with Gasteiger partial charge < -0.3 is 5.11 Å². The van der Waals surface area contributed by atoms with Gasteiger partial charge in [0.2, 0.25) is 0 Å². The molecule has 0 bridgehead atoms. The highest BCUT2D eigenvalue weighted by Gasteiger charge is 2.01. The van der Waals surface area contributed by atoms with Crippen LogP contribution in [-0.4, -0.2) is 20.3 Å². The van der Waals surface area contributed by atoms with Gasteiger partial charge in [-0.25, -0.2) is 4.98 Å². The van der Waals surface area contributed by atoms with Gasteiger partial charge in [0, 0.05) is 0 Å². The maximum Gasteiger partial charge on any atom is 0.178 e. The Bertz CT molecular complexity index is 146. The number of H-pyrrole nitrogens is 1. The van der Waals surface area contributed by atoms with Crippen LogP contribution < -0.4 is 0 Å². The van der Waals surface area contributed by atoms with Gasteiger partial charge in [0.1, 0.15) is 12.4 Å². The number of rotatable bonds is 1. The summed E-state index contributed by atoms with van der Waals surface area (Å²) in [5, 5.41) is 14.9. The second-order valence-electron chi connectivity index (χ2n) is 1.53. The summed E-state index contributed by atoms with van der Waals surface area (Å²) >= 11 is 0. The topological polar surface area (TPSA) is 61.8 Å². The second kappa shape index (κ2) is 1.92. The molecule has 1 atom stereocenters. The molecule has 1 aromatic rings. The first-order chi connectivity index (χ1) is 3.80. The van der Waals surface area contributed by atoms with Gasteiger partial charge in [-0.3, -0.25) is 5.10 Å². The van der Waals surface area contributed by atoms with Gasteiger partial charge >= 0.3 is 0 Å². The molecule has 4 nitrogen and oxygen atoms in total. The summed E-state index contributed by atoms with van der Waals surface area (Å²) in [6.07, 6.45) is 0.864. The van der Waals surface area contributed by atoms with Gasteiger partial charge in [0.05, 0.1) is 0 Å². The number of aliphatic hydroxyl groups excluding tert-OH is 1. The Labute approximate surface area is 46.6 Å². The average molecular weight is 113 g/mol. The van der Waals surface area contributed by atoms with Crippen molar-refractivity contribution in [3.05, 3.63) is 12.2 Å². The van der Waals surface area contributed by atoms with E-state index in [0.717, 1.165) is 0 Å². The molecule has 0 aliphatic carbocycles. The van der Waals surface area contributed by atoms with Crippen molar-refractivity contribution in [3.8, 4) is 0 Å². The molecular formula is C4H7N3O. The number of nitrogens with zero attached hydrogens (tertiary/aromatic N) is 2. The second-order valence-corrected chi connectivity index (χ2v) is 1.53. The largest absolute Gasteiger partial charge is 0.385 e. The Morgan fingerprint density at radius 1 is 1.88 bits per heavy atom. The SMILES string of the molecule is CC(O)c1nc[nH]n1. The lowest BCUT2D eigenvalue weighted by Crippen LogP contribution is -1.92. The van der Waals surface area contributed by atoms with Gasteiger partial charge in [-0.1, -0.05) is 0 Å². The number of hydrogen-bond acceptors (Lipinski definition) is 3. The molecule has 1 rings (SSSR count). The van der Waals surface area contributed by atoms with Crippen LogP contribution in [0.25, 0.3) is 0 Å². The van der Waals surface area contributed by atoms with E-state index in [4.69, 9.17) is 5.11 Å². The molecule has 0 fully saturated rings. The van der Waals surface area contributed by atoms with Crippen LogP contribution in [0.15, 0.2) is 6.33 Å². The minimum Gasteiger partial charge on any atom is -0.385 e. The zero-order valence-corrected chi connectivity index (χ0v) is 4.50. The molecule has 8 heavy (non-hydrogen) atoms. The van der Waals surface area contributed by atoms with Crippen molar-refractivity contribution in [2.24, 2.45) is 0 Å². The Kier molecular flexibility index (Phi) is 1.26. The monoisotopic (exact) mass is 113 g/mol. The Morgan fingerprint density at radius 2 is 2.62 bits per heavy atom. The molecule has 0 saturated carbocycles. The van der Waals surface area contributed by atoms with Crippen molar-refractivity contribution in [3.63, 3.8) is 0 Å². The van der Waals surface area contributed by atoms with Crippen molar-refractivity contribution in [2.75, 3.05) is 0 Å². The molecule has 1 aromatic heterocycles. The van der Waals surface area contributed by atoms with E-state index in [9.17, 15) is 0 Å². The number of aliphatic hydroxyl groups is 1. The molecule has 0 aromatic carbocycles. The van der Waals surface area contributed by atoms with E-state index in [0.29, 0.717) is 5.82 Å². The quantitative estimate of drug-likeness (QED) is 0.532. The lowest BCUT2D eigenvalue weighted by atomic mass is 10.4. The van der Waals surface area contributed by atoms with Gasteiger partial charge in [-0.05, 0) is 6.92 Å². The first-order valence-electron chi connectivity index (χ1n) is 2.34. The average Bonchev–Trinajstić information content (AvgIpc) is 2.12. The van der Waals surface area contributed by atoms with Crippen LogP contribution in [0.4, 0.5) is 0 Å². The van der Waals surface area contributed by atoms with E-state index in [2.05, 4.69) is 15.2 Å². The minimum absolute atomic E-state index is 0.435. The van der Waals surface area contributed by atoms with E-state index in [1.165, 1.54) is 6.33 Å². The first kappa shape index (κ1) is 5.24. The number of aromatic nitrogens is 3. The lowest BCUT2D eigenvalue weighted by Gasteiger charge is -1.91. The number of hydrogen-bond donors (Lipinski definition) is 2. The predicted octanol–water partition coefficient (Wildman–Crippen LogP) is -0.142. The van der Waals surface area contributed by atoms with Gasteiger partial charge in [-0.2, -0.15) is 5.10 Å². The van der Waals surface area contributed by atoms with Crippen molar-refractivity contribution < 1.29 is 5.11 Å². The molecule has 0 amide bonds. The fraction of sp³-hybridized carbons (Fsp3) is 0.500. The van der Waals surface area contributed by atoms with Crippen LogP contribution in [0.1, 0.15) is 18.9 Å². The van der Waals surface area contributed by atoms with Gasteiger partial charge in [-0.15, -0.1) is 0 Å². The molecule has 1 unspecified atom stereocenters. The van der Waals surface area contributed by atoms with Gasteiger partial charge in [0.25, 0.3) is 0 Å². The van der Waals surface area contributed by atoms with E-state index >= 15 is 0 Å². The number of nitrogens with one attached hydrogen (secondary N) is 1. The lowest BCUT2D eigenvalue weighted by molar-refractivity contribution is 0.189. The fourth-order valence-electron chi connectivity index (χ4n) is 0.420. The fourth-order valence-corrected chi connectivity index (χ4v) is 0.420. The molecule has 1 heterocycles. The summed E-state index contributed by atoms with van der Waals surface area (Å²) < 4.78 is 0. The smallest absolute Gasteiger partial charge is 0.178 e. The highest BCUT2D eigenvalue weighted by Crippen LogP contribution is 2.00. The van der Waals surface area contributed by atoms with Crippen molar-refractivity contribution in [2.45, 2.75) is 13.0 Å². The molecular weight excluding hydrogens is 106 g/mol. The van der Waals surface area contributed by atoms with Crippen LogP contribution in [0.2, 0.25) is 0 Å². The van der Waals surface area contributed by atoms with Crippen LogP contribution in [0.3, 0.4) is 0 Å². The maximum absolute atomic E-state index is 8.77. The Morgan fingerprint density at radius 3 is 2.88 bits per heavy atom. The zero-order valence-electron chi connectivity index (χ0n) is 4.50. The molecule has 2 N–H and O–H groups in total. The molecule has 0 aliphatic rings. The summed E-state index contributed by atoms with van der Waals surface area (Å²) in [5.41, 5.74) is 0. The molecule has 4 heteroatoms. The molecule has 0 spiro atoms.